The van der Waals surface area contributed by atoms with E-state index in [9.17, 15) is 4.79 Å². The standard InChI is InChI=1S/C20H26N4O2.HI/c1-4-14(2)19(25)23-16-8-5-7-15(11-16)13-22-20(21)24-17-9-6-10-18(12-17)26-3;/h5-12,14H,4,13H2,1-3H3,(H,23,25)(H3,21,22,24);1H. The Bertz CT molecular complexity index is 780. The molecular formula is C20H27IN4O2. The Kier molecular flexibility index (Phi) is 9.63. The number of guanidine groups is 1. The van der Waals surface area contributed by atoms with Gasteiger partial charge in [0.1, 0.15) is 5.75 Å². The lowest BCUT2D eigenvalue weighted by Crippen LogP contribution is -2.22. The van der Waals surface area contributed by atoms with Crippen molar-refractivity contribution in [2.24, 2.45) is 16.6 Å². The van der Waals surface area contributed by atoms with Crippen LogP contribution in [0.5, 0.6) is 5.75 Å². The third kappa shape index (κ3) is 7.46. The Morgan fingerprint density at radius 1 is 1.15 bits per heavy atom. The summed E-state index contributed by atoms with van der Waals surface area (Å²) in [5, 5.41) is 5.96. The molecule has 1 atom stereocenters. The molecule has 1 unspecified atom stereocenters. The molecule has 27 heavy (non-hydrogen) atoms. The van der Waals surface area contributed by atoms with Gasteiger partial charge in [-0.25, -0.2) is 4.99 Å². The third-order valence-corrected chi connectivity index (χ3v) is 4.03. The third-order valence-electron chi connectivity index (χ3n) is 4.03. The molecule has 2 aromatic rings. The average Bonchev–Trinajstić information content (AvgIpc) is 2.66. The molecular weight excluding hydrogens is 455 g/mol. The number of amides is 1. The van der Waals surface area contributed by atoms with E-state index in [1.807, 2.05) is 62.4 Å². The molecule has 0 bridgehead atoms. The summed E-state index contributed by atoms with van der Waals surface area (Å²) in [5.41, 5.74) is 8.48. The highest BCUT2D eigenvalue weighted by atomic mass is 127. The van der Waals surface area contributed by atoms with Crippen molar-refractivity contribution >= 4 is 47.2 Å². The van der Waals surface area contributed by atoms with Crippen LogP contribution >= 0.6 is 24.0 Å². The summed E-state index contributed by atoms with van der Waals surface area (Å²) >= 11 is 0. The normalized spacial score (nSPS) is 11.9. The highest BCUT2D eigenvalue weighted by Gasteiger charge is 2.10. The minimum absolute atomic E-state index is 0. The zero-order chi connectivity index (χ0) is 18.9. The lowest BCUT2D eigenvalue weighted by molar-refractivity contribution is -0.119. The summed E-state index contributed by atoms with van der Waals surface area (Å²) in [7, 11) is 1.61. The first-order chi connectivity index (χ1) is 12.5. The second-order valence-electron chi connectivity index (χ2n) is 6.06. The number of nitrogens with two attached hydrogens (primary N) is 1. The number of anilines is 2. The second-order valence-corrected chi connectivity index (χ2v) is 6.06. The number of aliphatic imine (C=N–C) groups is 1. The fourth-order valence-electron chi connectivity index (χ4n) is 2.26. The molecule has 0 aliphatic carbocycles. The molecule has 2 aromatic carbocycles. The lowest BCUT2D eigenvalue weighted by Gasteiger charge is -2.11. The van der Waals surface area contributed by atoms with Gasteiger partial charge in [0.2, 0.25) is 5.91 Å². The first-order valence-electron chi connectivity index (χ1n) is 8.62. The second kappa shape index (κ2) is 11.4. The van der Waals surface area contributed by atoms with Crippen molar-refractivity contribution in [1.82, 2.24) is 0 Å². The van der Waals surface area contributed by atoms with Crippen LogP contribution in [0.4, 0.5) is 11.4 Å². The van der Waals surface area contributed by atoms with Crippen molar-refractivity contribution in [3.63, 3.8) is 0 Å². The summed E-state index contributed by atoms with van der Waals surface area (Å²) in [5.74, 6) is 1.06. The molecule has 0 saturated carbocycles. The molecule has 4 N–H and O–H groups in total. The van der Waals surface area contributed by atoms with E-state index >= 15 is 0 Å². The molecule has 0 radical (unpaired) electrons. The van der Waals surface area contributed by atoms with Crippen molar-refractivity contribution in [3.8, 4) is 5.75 Å². The molecule has 146 valence electrons. The first-order valence-corrected chi connectivity index (χ1v) is 8.62. The van der Waals surface area contributed by atoms with Crippen LogP contribution in [0.15, 0.2) is 53.5 Å². The van der Waals surface area contributed by atoms with Crippen LogP contribution in [0.3, 0.4) is 0 Å². The monoisotopic (exact) mass is 482 g/mol. The molecule has 1 amide bonds. The van der Waals surface area contributed by atoms with Gasteiger partial charge in [-0.3, -0.25) is 4.79 Å². The topological polar surface area (TPSA) is 88.7 Å². The molecule has 0 aliphatic heterocycles. The zero-order valence-corrected chi connectivity index (χ0v) is 18.2. The minimum Gasteiger partial charge on any atom is -0.497 e. The molecule has 2 rings (SSSR count). The highest BCUT2D eigenvalue weighted by molar-refractivity contribution is 14.0. The van der Waals surface area contributed by atoms with Crippen LogP contribution in [-0.4, -0.2) is 19.0 Å². The van der Waals surface area contributed by atoms with E-state index in [2.05, 4.69) is 15.6 Å². The number of halogens is 1. The van der Waals surface area contributed by atoms with Gasteiger partial charge in [0.15, 0.2) is 5.96 Å². The minimum atomic E-state index is -0.0145. The van der Waals surface area contributed by atoms with Gasteiger partial charge >= 0.3 is 0 Å². The Morgan fingerprint density at radius 3 is 2.48 bits per heavy atom. The van der Waals surface area contributed by atoms with Crippen LogP contribution in [0.1, 0.15) is 25.8 Å². The summed E-state index contributed by atoms with van der Waals surface area (Å²) in [4.78, 5) is 16.3. The van der Waals surface area contributed by atoms with Crippen molar-refractivity contribution in [1.29, 1.82) is 0 Å². The molecule has 0 fully saturated rings. The van der Waals surface area contributed by atoms with Gasteiger partial charge in [0.05, 0.1) is 13.7 Å². The summed E-state index contributed by atoms with van der Waals surface area (Å²) < 4.78 is 5.18. The van der Waals surface area contributed by atoms with Crippen LogP contribution in [0.2, 0.25) is 0 Å². The SMILES string of the molecule is CCC(C)C(=O)Nc1cccc(CN=C(N)Nc2cccc(OC)c2)c1.I. The number of carbonyl (C=O) groups is 1. The van der Waals surface area contributed by atoms with Crippen LogP contribution in [0.25, 0.3) is 0 Å². The Morgan fingerprint density at radius 2 is 1.81 bits per heavy atom. The van der Waals surface area contributed by atoms with Crippen LogP contribution in [0, 0.1) is 5.92 Å². The Hall–Kier alpha value is -2.29. The number of benzene rings is 2. The quantitative estimate of drug-likeness (QED) is 0.313. The molecule has 0 heterocycles. The predicted octanol–water partition coefficient (Wildman–Crippen LogP) is 4.22. The molecule has 0 aromatic heterocycles. The van der Waals surface area contributed by atoms with E-state index in [4.69, 9.17) is 10.5 Å². The van der Waals surface area contributed by atoms with E-state index in [0.717, 1.165) is 29.1 Å². The summed E-state index contributed by atoms with van der Waals surface area (Å²) in [6, 6.07) is 15.1. The van der Waals surface area contributed by atoms with E-state index < -0.39 is 0 Å². The van der Waals surface area contributed by atoms with Crippen LogP contribution < -0.4 is 21.1 Å². The lowest BCUT2D eigenvalue weighted by atomic mass is 10.1. The van der Waals surface area contributed by atoms with Gasteiger partial charge < -0.3 is 21.1 Å². The predicted molar refractivity (Wildman–Crippen MR) is 122 cm³/mol. The Labute approximate surface area is 177 Å². The molecule has 7 heteroatoms. The van der Waals surface area contributed by atoms with Gasteiger partial charge in [-0.2, -0.15) is 0 Å². The van der Waals surface area contributed by atoms with Gasteiger partial charge in [-0.1, -0.05) is 32.0 Å². The highest BCUT2D eigenvalue weighted by Crippen LogP contribution is 2.17. The number of hydrogen-bond donors (Lipinski definition) is 3. The maximum atomic E-state index is 12.0. The van der Waals surface area contributed by atoms with E-state index in [0.29, 0.717) is 12.5 Å². The number of nitrogens with zero attached hydrogens (tertiary/aromatic N) is 1. The maximum absolute atomic E-state index is 12.0. The maximum Gasteiger partial charge on any atom is 0.227 e. The number of carbonyl (C=O) groups excluding carboxylic acids is 1. The Balaban J connectivity index is 0.00000364. The van der Waals surface area contributed by atoms with Gasteiger partial charge in [0, 0.05) is 23.4 Å². The fraction of sp³-hybridized carbons (Fsp3) is 0.300. The number of ether oxygens (including phenoxy) is 1. The summed E-state index contributed by atoms with van der Waals surface area (Å²) in [6.07, 6.45) is 0.808. The number of hydrogen-bond acceptors (Lipinski definition) is 3. The molecule has 0 spiro atoms. The average molecular weight is 482 g/mol. The van der Waals surface area contributed by atoms with Gasteiger partial charge in [-0.05, 0) is 36.2 Å². The first kappa shape index (κ1) is 22.8. The van der Waals surface area contributed by atoms with Crippen molar-refractivity contribution in [3.05, 3.63) is 54.1 Å². The largest absolute Gasteiger partial charge is 0.497 e. The van der Waals surface area contributed by atoms with E-state index in [1.54, 1.807) is 7.11 Å². The number of methoxy groups -OCH3 is 1. The van der Waals surface area contributed by atoms with Gasteiger partial charge in [0.25, 0.3) is 0 Å². The molecule has 0 saturated heterocycles. The summed E-state index contributed by atoms with van der Waals surface area (Å²) in [6.45, 7) is 4.32. The van der Waals surface area contributed by atoms with Crippen molar-refractivity contribution < 1.29 is 9.53 Å². The zero-order valence-electron chi connectivity index (χ0n) is 15.9. The van der Waals surface area contributed by atoms with Crippen molar-refractivity contribution in [2.45, 2.75) is 26.8 Å². The number of nitrogens with one attached hydrogen (secondary N) is 2. The van der Waals surface area contributed by atoms with Gasteiger partial charge in [-0.15, -0.1) is 24.0 Å². The van der Waals surface area contributed by atoms with E-state index in [1.165, 1.54) is 0 Å². The fourth-order valence-corrected chi connectivity index (χ4v) is 2.26. The molecule has 0 aliphatic rings. The number of rotatable bonds is 7. The van der Waals surface area contributed by atoms with Crippen LogP contribution in [-0.2, 0) is 11.3 Å². The molecule has 6 nitrogen and oxygen atoms in total. The van der Waals surface area contributed by atoms with E-state index in [-0.39, 0.29) is 35.8 Å². The van der Waals surface area contributed by atoms with Crippen molar-refractivity contribution in [2.75, 3.05) is 17.7 Å². The smallest absolute Gasteiger partial charge is 0.227 e.